The Hall–Kier alpha value is -2.70. The minimum absolute atomic E-state index is 0.217. The number of nitrogens with zero attached hydrogens (tertiary/aromatic N) is 1. The van der Waals surface area contributed by atoms with Gasteiger partial charge in [-0.25, -0.2) is 9.18 Å². The summed E-state index contributed by atoms with van der Waals surface area (Å²) in [7, 11) is 0. The highest BCUT2D eigenvalue weighted by Gasteiger charge is 2.14. The van der Waals surface area contributed by atoms with Crippen LogP contribution in [0, 0.1) is 12.7 Å². The molecule has 6 nitrogen and oxygen atoms in total. The van der Waals surface area contributed by atoms with Crippen LogP contribution in [0.5, 0.6) is 0 Å². The predicted octanol–water partition coefficient (Wildman–Crippen LogP) is 1.92. The molecule has 0 aliphatic carbocycles. The Morgan fingerprint density at radius 3 is 2.80 bits per heavy atom. The highest BCUT2D eigenvalue weighted by atomic mass is 19.1. The first kappa shape index (κ1) is 13.7. The summed E-state index contributed by atoms with van der Waals surface area (Å²) in [6, 6.07) is 6.87. The maximum atomic E-state index is 13.3. The van der Waals surface area contributed by atoms with Crippen molar-refractivity contribution in [3.63, 3.8) is 0 Å². The molecule has 0 fully saturated rings. The number of anilines is 1. The average molecular weight is 278 g/mol. The van der Waals surface area contributed by atoms with Gasteiger partial charge in [-0.05, 0) is 19.1 Å². The van der Waals surface area contributed by atoms with E-state index in [2.05, 4.69) is 10.5 Å². The second-order valence-electron chi connectivity index (χ2n) is 3.93. The largest absolute Gasteiger partial charge is 0.452 e. The minimum atomic E-state index is -0.908. The fraction of sp³-hybridized carbons (Fsp3) is 0.154. The van der Waals surface area contributed by atoms with Crippen molar-refractivity contribution >= 4 is 17.7 Å². The van der Waals surface area contributed by atoms with Gasteiger partial charge in [0.1, 0.15) is 11.6 Å². The number of amides is 1. The number of halogens is 1. The second kappa shape index (κ2) is 5.96. The fourth-order valence-corrected chi connectivity index (χ4v) is 1.44. The zero-order valence-corrected chi connectivity index (χ0v) is 10.6. The summed E-state index contributed by atoms with van der Waals surface area (Å²) >= 11 is 0. The smallest absolute Gasteiger partial charge is 0.341 e. The van der Waals surface area contributed by atoms with Gasteiger partial charge >= 0.3 is 5.97 Å². The Labute approximate surface area is 113 Å². The molecule has 0 radical (unpaired) electrons. The second-order valence-corrected chi connectivity index (χ2v) is 3.93. The van der Waals surface area contributed by atoms with Crippen molar-refractivity contribution in [1.82, 2.24) is 5.16 Å². The number of benzene rings is 1. The molecular weight excluding hydrogens is 267 g/mol. The van der Waals surface area contributed by atoms with Crippen LogP contribution in [0.15, 0.2) is 34.9 Å². The van der Waals surface area contributed by atoms with Crippen LogP contribution in [-0.2, 0) is 9.53 Å². The summed E-state index contributed by atoms with van der Waals surface area (Å²) in [6.45, 7) is 1.12. The maximum Gasteiger partial charge on any atom is 0.341 e. The van der Waals surface area contributed by atoms with Gasteiger partial charge in [-0.3, -0.25) is 4.79 Å². The Bertz CT molecular complexity index is 639. The van der Waals surface area contributed by atoms with Crippen LogP contribution in [0.4, 0.5) is 10.2 Å². The van der Waals surface area contributed by atoms with Crippen molar-refractivity contribution in [1.29, 1.82) is 0 Å². The van der Waals surface area contributed by atoms with E-state index in [1.807, 2.05) is 0 Å². The third kappa shape index (κ3) is 3.41. The molecule has 104 valence electrons. The highest BCUT2D eigenvalue weighted by molar-refractivity contribution is 5.95. The number of ether oxygens (including phenoxy) is 1. The summed E-state index contributed by atoms with van der Waals surface area (Å²) < 4.78 is 22.7. The van der Waals surface area contributed by atoms with Gasteiger partial charge < -0.3 is 14.6 Å². The van der Waals surface area contributed by atoms with Crippen molar-refractivity contribution in [2.75, 3.05) is 11.9 Å². The van der Waals surface area contributed by atoms with Crippen LogP contribution < -0.4 is 5.32 Å². The minimum Gasteiger partial charge on any atom is -0.452 e. The molecule has 0 aliphatic rings. The third-order valence-corrected chi connectivity index (χ3v) is 2.32. The molecule has 0 atom stereocenters. The van der Waals surface area contributed by atoms with E-state index < -0.39 is 24.3 Å². The van der Waals surface area contributed by atoms with Crippen molar-refractivity contribution in [3.8, 4) is 0 Å². The van der Waals surface area contributed by atoms with E-state index in [-0.39, 0.29) is 11.4 Å². The Morgan fingerprint density at radius 2 is 2.15 bits per heavy atom. The van der Waals surface area contributed by atoms with E-state index in [1.54, 1.807) is 6.92 Å². The topological polar surface area (TPSA) is 81.4 Å². The average Bonchev–Trinajstić information content (AvgIpc) is 2.82. The number of nitrogens with one attached hydrogen (secondary N) is 1. The van der Waals surface area contributed by atoms with Gasteiger partial charge in [0.05, 0.1) is 5.56 Å². The Kier molecular flexibility index (Phi) is 4.09. The first-order chi connectivity index (χ1) is 9.56. The van der Waals surface area contributed by atoms with Gasteiger partial charge in [-0.2, -0.15) is 0 Å². The Morgan fingerprint density at radius 1 is 1.40 bits per heavy atom. The molecule has 1 heterocycles. The lowest BCUT2D eigenvalue weighted by atomic mass is 10.2. The number of carbonyl (C=O) groups excluding carboxylic acids is 2. The van der Waals surface area contributed by atoms with Gasteiger partial charge in [0.2, 0.25) is 0 Å². The summed E-state index contributed by atoms with van der Waals surface area (Å²) in [5.74, 6) is -1.46. The number of aromatic nitrogens is 1. The quantitative estimate of drug-likeness (QED) is 0.864. The van der Waals surface area contributed by atoms with E-state index in [4.69, 9.17) is 9.26 Å². The molecule has 20 heavy (non-hydrogen) atoms. The molecule has 1 N–H and O–H groups in total. The molecule has 0 saturated carbocycles. The number of hydrogen-bond acceptors (Lipinski definition) is 5. The molecule has 0 spiro atoms. The van der Waals surface area contributed by atoms with Gasteiger partial charge in [-0.15, -0.1) is 0 Å². The van der Waals surface area contributed by atoms with Crippen molar-refractivity contribution in [2.45, 2.75) is 6.92 Å². The van der Waals surface area contributed by atoms with E-state index in [0.29, 0.717) is 5.76 Å². The Balaban J connectivity index is 1.87. The van der Waals surface area contributed by atoms with Gasteiger partial charge in [0.15, 0.2) is 12.4 Å². The maximum absolute atomic E-state index is 13.3. The first-order valence-corrected chi connectivity index (χ1v) is 5.71. The molecule has 1 amide bonds. The molecule has 0 unspecified atom stereocenters. The lowest BCUT2D eigenvalue weighted by Gasteiger charge is -2.05. The molecule has 0 bridgehead atoms. The zero-order chi connectivity index (χ0) is 14.5. The number of hydrogen-bond donors (Lipinski definition) is 1. The van der Waals surface area contributed by atoms with Crippen LogP contribution in [0.25, 0.3) is 0 Å². The van der Waals surface area contributed by atoms with Crippen molar-refractivity contribution in [2.24, 2.45) is 0 Å². The van der Waals surface area contributed by atoms with Crippen molar-refractivity contribution < 1.29 is 23.2 Å². The molecule has 0 aliphatic heterocycles. The number of carbonyl (C=O) groups is 2. The first-order valence-electron chi connectivity index (χ1n) is 5.71. The van der Waals surface area contributed by atoms with E-state index in [1.165, 1.54) is 24.3 Å². The number of rotatable bonds is 4. The van der Waals surface area contributed by atoms with E-state index in [0.717, 1.165) is 6.07 Å². The normalized spacial score (nSPS) is 10.1. The van der Waals surface area contributed by atoms with Crippen LogP contribution in [0.2, 0.25) is 0 Å². The van der Waals surface area contributed by atoms with Crippen LogP contribution in [-0.4, -0.2) is 23.6 Å². The van der Waals surface area contributed by atoms with Gasteiger partial charge in [-0.1, -0.05) is 17.3 Å². The van der Waals surface area contributed by atoms with Crippen LogP contribution >= 0.6 is 0 Å². The molecule has 0 saturated heterocycles. The van der Waals surface area contributed by atoms with E-state index >= 15 is 0 Å². The highest BCUT2D eigenvalue weighted by Crippen LogP contribution is 2.09. The number of aryl methyl sites for hydroxylation is 1. The summed E-state index contributed by atoms with van der Waals surface area (Å²) in [6.07, 6.45) is 0. The van der Waals surface area contributed by atoms with Gasteiger partial charge in [0, 0.05) is 6.07 Å². The lowest BCUT2D eigenvalue weighted by molar-refractivity contribution is -0.119. The summed E-state index contributed by atoms with van der Waals surface area (Å²) in [4.78, 5) is 23.0. The molecule has 7 heteroatoms. The molecular formula is C13H11FN2O4. The molecule has 2 rings (SSSR count). The standard InChI is InChI=1S/C13H11FN2O4/c1-8-6-11(16-20-8)15-12(17)7-19-13(18)9-4-2-3-5-10(9)14/h2-6H,7H2,1H3,(H,15,16,17). The van der Waals surface area contributed by atoms with Gasteiger partial charge in [0.25, 0.3) is 5.91 Å². The third-order valence-electron chi connectivity index (χ3n) is 2.32. The summed E-state index contributed by atoms with van der Waals surface area (Å²) in [5.41, 5.74) is -0.224. The monoisotopic (exact) mass is 278 g/mol. The predicted molar refractivity (Wildman–Crippen MR) is 66.6 cm³/mol. The van der Waals surface area contributed by atoms with Crippen LogP contribution in [0.1, 0.15) is 16.1 Å². The van der Waals surface area contributed by atoms with Crippen molar-refractivity contribution in [3.05, 3.63) is 47.5 Å². The lowest BCUT2D eigenvalue weighted by Crippen LogP contribution is -2.21. The fourth-order valence-electron chi connectivity index (χ4n) is 1.44. The SMILES string of the molecule is Cc1cc(NC(=O)COC(=O)c2ccccc2F)no1. The molecule has 2 aromatic rings. The van der Waals surface area contributed by atoms with E-state index in [9.17, 15) is 14.0 Å². The number of esters is 1. The molecule has 1 aromatic heterocycles. The summed E-state index contributed by atoms with van der Waals surface area (Å²) in [5, 5.41) is 5.92. The molecule has 1 aromatic carbocycles. The zero-order valence-electron chi connectivity index (χ0n) is 10.6. The van der Waals surface area contributed by atoms with Crippen LogP contribution in [0.3, 0.4) is 0 Å².